The molecule has 0 unspecified atom stereocenters. The largest absolute Gasteiger partial charge is 0.381 e. The molecule has 124 valence electrons. The first-order valence-electron chi connectivity index (χ1n) is 8.62. The number of hydrogen-bond donors (Lipinski definition) is 1. The van der Waals surface area contributed by atoms with Crippen molar-refractivity contribution in [1.82, 2.24) is 20.0 Å². The van der Waals surface area contributed by atoms with Gasteiger partial charge in [0.1, 0.15) is 0 Å². The molecule has 6 nitrogen and oxygen atoms in total. The average Bonchev–Trinajstić information content (AvgIpc) is 3.25. The molecule has 1 amide bonds. The van der Waals surface area contributed by atoms with E-state index in [-0.39, 0.29) is 5.91 Å². The van der Waals surface area contributed by atoms with E-state index in [0.717, 1.165) is 69.3 Å². The van der Waals surface area contributed by atoms with Crippen LogP contribution in [0.4, 0.5) is 0 Å². The first kappa shape index (κ1) is 14.9. The summed E-state index contributed by atoms with van der Waals surface area (Å²) >= 11 is 0. The van der Waals surface area contributed by atoms with Crippen LogP contribution in [-0.4, -0.2) is 65.3 Å². The van der Waals surface area contributed by atoms with Crippen LogP contribution < -0.4 is 0 Å². The number of H-pyrrole nitrogens is 1. The zero-order chi connectivity index (χ0) is 15.6. The van der Waals surface area contributed by atoms with Gasteiger partial charge in [-0.15, -0.1) is 0 Å². The minimum absolute atomic E-state index is 0.0559. The van der Waals surface area contributed by atoms with Gasteiger partial charge in [-0.2, -0.15) is 5.10 Å². The molecule has 0 saturated carbocycles. The number of aromatic nitrogens is 2. The minimum atomic E-state index is 0.0559. The molecule has 1 aromatic heterocycles. The molecule has 6 heteroatoms. The van der Waals surface area contributed by atoms with Crippen molar-refractivity contribution in [2.24, 2.45) is 5.92 Å². The van der Waals surface area contributed by atoms with E-state index in [1.165, 1.54) is 0 Å². The summed E-state index contributed by atoms with van der Waals surface area (Å²) in [5.74, 6) is 0.777. The predicted octanol–water partition coefficient (Wildman–Crippen LogP) is 1.21. The predicted molar refractivity (Wildman–Crippen MR) is 86.2 cm³/mol. The maximum Gasteiger partial charge on any atom is 0.275 e. The maximum atomic E-state index is 12.6. The molecule has 0 aliphatic carbocycles. The Morgan fingerprint density at radius 3 is 2.87 bits per heavy atom. The van der Waals surface area contributed by atoms with Gasteiger partial charge in [0.2, 0.25) is 0 Å². The van der Waals surface area contributed by atoms with E-state index in [0.29, 0.717) is 18.8 Å². The summed E-state index contributed by atoms with van der Waals surface area (Å²) < 4.78 is 5.45. The summed E-state index contributed by atoms with van der Waals surface area (Å²) in [7, 11) is 0. The second-order valence-electron chi connectivity index (χ2n) is 6.75. The SMILES string of the molecule is O=C(c1n[nH]c2c1CN(CC1CCOCC1)CC2)N1CC=CC1. The summed E-state index contributed by atoms with van der Waals surface area (Å²) in [6.07, 6.45) is 7.33. The minimum Gasteiger partial charge on any atom is -0.381 e. The Morgan fingerprint density at radius 2 is 2.09 bits per heavy atom. The van der Waals surface area contributed by atoms with Crippen LogP contribution in [0.15, 0.2) is 12.2 Å². The van der Waals surface area contributed by atoms with Crippen molar-refractivity contribution in [3.8, 4) is 0 Å². The molecule has 1 aromatic rings. The van der Waals surface area contributed by atoms with Crippen LogP contribution in [0.1, 0.15) is 34.6 Å². The number of rotatable bonds is 3. The second-order valence-corrected chi connectivity index (χ2v) is 6.75. The summed E-state index contributed by atoms with van der Waals surface area (Å²) in [5, 5.41) is 7.42. The third-order valence-electron chi connectivity index (χ3n) is 5.18. The number of nitrogens with zero attached hydrogens (tertiary/aromatic N) is 3. The molecule has 3 aliphatic heterocycles. The van der Waals surface area contributed by atoms with E-state index in [2.05, 4.69) is 15.1 Å². The molecule has 3 aliphatic rings. The highest BCUT2D eigenvalue weighted by molar-refractivity contribution is 5.94. The van der Waals surface area contributed by atoms with Gasteiger partial charge in [0, 0.05) is 63.6 Å². The Bertz CT molecular complexity index is 596. The van der Waals surface area contributed by atoms with Crippen molar-refractivity contribution in [2.75, 3.05) is 39.4 Å². The molecular weight excluding hydrogens is 292 g/mol. The Kier molecular flexibility index (Phi) is 4.18. The molecule has 0 spiro atoms. The van der Waals surface area contributed by atoms with Crippen molar-refractivity contribution in [3.05, 3.63) is 29.1 Å². The van der Waals surface area contributed by atoms with Gasteiger partial charge in [-0.05, 0) is 18.8 Å². The van der Waals surface area contributed by atoms with E-state index in [1.54, 1.807) is 0 Å². The normalized spacial score (nSPS) is 22.5. The van der Waals surface area contributed by atoms with Gasteiger partial charge in [-0.3, -0.25) is 14.8 Å². The first-order valence-corrected chi connectivity index (χ1v) is 8.62. The fraction of sp³-hybridized carbons (Fsp3) is 0.647. The number of amides is 1. The molecule has 0 aromatic carbocycles. The summed E-state index contributed by atoms with van der Waals surface area (Å²) in [5.41, 5.74) is 2.88. The van der Waals surface area contributed by atoms with Gasteiger partial charge in [0.25, 0.3) is 5.91 Å². The van der Waals surface area contributed by atoms with E-state index in [9.17, 15) is 4.79 Å². The van der Waals surface area contributed by atoms with Gasteiger partial charge >= 0.3 is 0 Å². The number of fused-ring (bicyclic) bond motifs is 1. The van der Waals surface area contributed by atoms with E-state index >= 15 is 0 Å². The van der Waals surface area contributed by atoms with Crippen molar-refractivity contribution in [1.29, 1.82) is 0 Å². The van der Waals surface area contributed by atoms with Crippen LogP contribution >= 0.6 is 0 Å². The van der Waals surface area contributed by atoms with E-state index < -0.39 is 0 Å². The maximum absolute atomic E-state index is 12.6. The Labute approximate surface area is 136 Å². The van der Waals surface area contributed by atoms with Crippen LogP contribution in [-0.2, 0) is 17.7 Å². The Balaban J connectivity index is 1.45. The van der Waals surface area contributed by atoms with Gasteiger partial charge in [-0.25, -0.2) is 0 Å². The highest BCUT2D eigenvalue weighted by atomic mass is 16.5. The lowest BCUT2D eigenvalue weighted by Gasteiger charge is -2.32. The summed E-state index contributed by atoms with van der Waals surface area (Å²) in [6.45, 7) is 6.17. The molecule has 0 bridgehead atoms. The van der Waals surface area contributed by atoms with Crippen LogP contribution in [0, 0.1) is 5.92 Å². The monoisotopic (exact) mass is 316 g/mol. The molecule has 23 heavy (non-hydrogen) atoms. The third kappa shape index (κ3) is 3.05. The fourth-order valence-corrected chi connectivity index (χ4v) is 3.77. The molecular formula is C17H24N4O2. The quantitative estimate of drug-likeness (QED) is 0.852. The molecule has 4 heterocycles. The Hall–Kier alpha value is -1.66. The molecule has 0 atom stereocenters. The van der Waals surface area contributed by atoms with Crippen molar-refractivity contribution in [2.45, 2.75) is 25.8 Å². The van der Waals surface area contributed by atoms with Gasteiger partial charge < -0.3 is 9.64 Å². The number of nitrogens with one attached hydrogen (secondary N) is 1. The standard InChI is InChI=1S/C17H24N4O2/c22-17(21-6-1-2-7-21)16-14-12-20(8-3-15(14)18-19-16)11-13-4-9-23-10-5-13/h1-2,13H,3-12H2,(H,18,19). The van der Waals surface area contributed by atoms with Gasteiger partial charge in [0.05, 0.1) is 0 Å². The zero-order valence-corrected chi connectivity index (χ0v) is 13.5. The molecule has 1 saturated heterocycles. The topological polar surface area (TPSA) is 61.5 Å². The van der Waals surface area contributed by atoms with Crippen LogP contribution in [0.5, 0.6) is 0 Å². The zero-order valence-electron chi connectivity index (χ0n) is 13.5. The lowest BCUT2D eigenvalue weighted by Crippen LogP contribution is -2.37. The van der Waals surface area contributed by atoms with Gasteiger partial charge in [-0.1, -0.05) is 12.2 Å². The van der Waals surface area contributed by atoms with Crippen LogP contribution in [0.25, 0.3) is 0 Å². The first-order chi connectivity index (χ1) is 11.3. The average molecular weight is 316 g/mol. The van der Waals surface area contributed by atoms with E-state index in [1.807, 2.05) is 17.1 Å². The van der Waals surface area contributed by atoms with Crippen molar-refractivity contribution < 1.29 is 9.53 Å². The summed E-state index contributed by atoms with van der Waals surface area (Å²) in [6, 6.07) is 0. The lowest BCUT2D eigenvalue weighted by molar-refractivity contribution is 0.0505. The van der Waals surface area contributed by atoms with Gasteiger partial charge in [0.15, 0.2) is 5.69 Å². The molecule has 4 rings (SSSR count). The third-order valence-corrected chi connectivity index (χ3v) is 5.18. The number of aromatic amines is 1. The number of ether oxygens (including phenoxy) is 1. The van der Waals surface area contributed by atoms with Crippen LogP contribution in [0.2, 0.25) is 0 Å². The number of carbonyl (C=O) groups excluding carboxylic acids is 1. The second kappa shape index (κ2) is 6.45. The number of hydrogen-bond acceptors (Lipinski definition) is 4. The molecule has 0 radical (unpaired) electrons. The highest BCUT2D eigenvalue weighted by Crippen LogP contribution is 2.24. The van der Waals surface area contributed by atoms with Crippen molar-refractivity contribution >= 4 is 5.91 Å². The van der Waals surface area contributed by atoms with E-state index in [4.69, 9.17) is 4.74 Å². The lowest BCUT2D eigenvalue weighted by atomic mass is 9.97. The fourth-order valence-electron chi connectivity index (χ4n) is 3.77. The number of carbonyl (C=O) groups is 1. The molecule has 1 N–H and O–H groups in total. The highest BCUT2D eigenvalue weighted by Gasteiger charge is 2.29. The smallest absolute Gasteiger partial charge is 0.275 e. The molecule has 1 fully saturated rings. The van der Waals surface area contributed by atoms with Crippen LogP contribution in [0.3, 0.4) is 0 Å². The Morgan fingerprint density at radius 1 is 1.30 bits per heavy atom. The summed E-state index contributed by atoms with van der Waals surface area (Å²) in [4.78, 5) is 17.0. The van der Waals surface area contributed by atoms with Crippen molar-refractivity contribution in [3.63, 3.8) is 0 Å².